The maximum Gasteiger partial charge on any atom is 0.498 e. The molecule has 4 heteroatoms. The SMILES string of the molecule is CCCC[Si](O)(OCC)OC(C)C. The molecule has 1 N–H and O–H groups in total. The van der Waals surface area contributed by atoms with Crippen LogP contribution in [0.4, 0.5) is 0 Å². The number of rotatable bonds is 7. The molecule has 0 saturated heterocycles. The monoisotopic (exact) mass is 206 g/mol. The van der Waals surface area contributed by atoms with Crippen molar-refractivity contribution in [3.05, 3.63) is 0 Å². The van der Waals surface area contributed by atoms with E-state index in [0.29, 0.717) is 12.7 Å². The van der Waals surface area contributed by atoms with Crippen molar-refractivity contribution in [2.24, 2.45) is 0 Å². The molecule has 0 fully saturated rings. The van der Waals surface area contributed by atoms with E-state index in [0.717, 1.165) is 12.8 Å². The van der Waals surface area contributed by atoms with Gasteiger partial charge in [-0.1, -0.05) is 13.3 Å². The van der Waals surface area contributed by atoms with Gasteiger partial charge in [0.25, 0.3) is 0 Å². The minimum Gasteiger partial charge on any atom is -0.390 e. The Balaban J connectivity index is 3.99. The number of unbranched alkanes of at least 4 members (excludes halogenated alkanes) is 1. The quantitative estimate of drug-likeness (QED) is 0.649. The molecule has 0 amide bonds. The summed E-state index contributed by atoms with van der Waals surface area (Å²) >= 11 is 0. The van der Waals surface area contributed by atoms with Gasteiger partial charge >= 0.3 is 8.80 Å². The summed E-state index contributed by atoms with van der Waals surface area (Å²) < 4.78 is 10.8. The molecule has 0 spiro atoms. The third-order valence-electron chi connectivity index (χ3n) is 1.64. The summed E-state index contributed by atoms with van der Waals surface area (Å²) in [4.78, 5) is 10.0. The van der Waals surface area contributed by atoms with Gasteiger partial charge in [-0.05, 0) is 27.2 Å². The van der Waals surface area contributed by atoms with Crippen molar-refractivity contribution in [2.45, 2.75) is 52.7 Å². The highest BCUT2D eigenvalue weighted by molar-refractivity contribution is 6.59. The average Bonchev–Trinajstić information content (AvgIpc) is 2.00. The van der Waals surface area contributed by atoms with Crippen molar-refractivity contribution < 1.29 is 13.6 Å². The van der Waals surface area contributed by atoms with Gasteiger partial charge in [0.1, 0.15) is 0 Å². The smallest absolute Gasteiger partial charge is 0.390 e. The van der Waals surface area contributed by atoms with Crippen molar-refractivity contribution in [1.29, 1.82) is 0 Å². The first-order valence-electron chi connectivity index (χ1n) is 5.08. The fourth-order valence-corrected chi connectivity index (χ4v) is 3.48. The predicted molar refractivity (Wildman–Crippen MR) is 55.5 cm³/mol. The molecule has 1 unspecified atom stereocenters. The standard InChI is InChI=1S/C9H22O3Si/c1-5-7-8-13(10,11-6-2)12-9(3)4/h9-10H,5-8H2,1-4H3. The molecule has 0 aromatic rings. The van der Waals surface area contributed by atoms with E-state index < -0.39 is 8.80 Å². The lowest BCUT2D eigenvalue weighted by Crippen LogP contribution is -2.44. The molecule has 0 radical (unpaired) electrons. The Morgan fingerprint density at radius 3 is 2.31 bits per heavy atom. The molecular formula is C9H22O3Si. The first-order chi connectivity index (χ1) is 6.04. The summed E-state index contributed by atoms with van der Waals surface area (Å²) in [6.45, 7) is 8.34. The average molecular weight is 206 g/mol. The molecule has 0 aliphatic heterocycles. The summed E-state index contributed by atoms with van der Waals surface area (Å²) in [6, 6.07) is 0.676. The zero-order valence-electron chi connectivity index (χ0n) is 9.17. The van der Waals surface area contributed by atoms with E-state index in [1.54, 1.807) is 0 Å². The van der Waals surface area contributed by atoms with E-state index in [4.69, 9.17) is 8.85 Å². The van der Waals surface area contributed by atoms with E-state index >= 15 is 0 Å². The molecule has 0 rings (SSSR count). The highest BCUT2D eigenvalue weighted by Crippen LogP contribution is 2.15. The van der Waals surface area contributed by atoms with Crippen LogP contribution >= 0.6 is 0 Å². The fraction of sp³-hybridized carbons (Fsp3) is 1.00. The van der Waals surface area contributed by atoms with Crippen molar-refractivity contribution in [1.82, 2.24) is 0 Å². The highest BCUT2D eigenvalue weighted by atomic mass is 28.4. The van der Waals surface area contributed by atoms with Gasteiger partial charge in [-0.2, -0.15) is 0 Å². The van der Waals surface area contributed by atoms with Crippen LogP contribution in [-0.2, 0) is 8.85 Å². The Bertz CT molecular complexity index is 130. The third kappa shape index (κ3) is 6.21. The van der Waals surface area contributed by atoms with Gasteiger partial charge in [-0.25, -0.2) is 0 Å². The lowest BCUT2D eigenvalue weighted by molar-refractivity contribution is 0.0734. The minimum absolute atomic E-state index is 0.0417. The molecule has 0 aromatic carbocycles. The van der Waals surface area contributed by atoms with Crippen LogP contribution in [0.15, 0.2) is 0 Å². The molecule has 0 heterocycles. The molecule has 0 aliphatic rings. The lowest BCUT2D eigenvalue weighted by atomic mass is 10.4. The topological polar surface area (TPSA) is 38.7 Å². The van der Waals surface area contributed by atoms with Gasteiger partial charge in [-0.15, -0.1) is 0 Å². The molecule has 3 nitrogen and oxygen atoms in total. The summed E-state index contributed by atoms with van der Waals surface area (Å²) in [7, 11) is -2.83. The van der Waals surface area contributed by atoms with Crippen molar-refractivity contribution in [3.8, 4) is 0 Å². The van der Waals surface area contributed by atoms with E-state index in [-0.39, 0.29) is 6.10 Å². The number of hydrogen-bond acceptors (Lipinski definition) is 3. The molecule has 13 heavy (non-hydrogen) atoms. The Labute approximate surface area is 82.4 Å². The molecule has 0 aliphatic carbocycles. The van der Waals surface area contributed by atoms with Gasteiger partial charge in [0.2, 0.25) is 0 Å². The van der Waals surface area contributed by atoms with Crippen molar-refractivity contribution >= 4 is 8.80 Å². The maximum absolute atomic E-state index is 10.0. The normalized spacial score (nSPS) is 16.2. The molecule has 80 valence electrons. The van der Waals surface area contributed by atoms with Gasteiger partial charge in [0.05, 0.1) is 0 Å². The molecular weight excluding hydrogens is 184 g/mol. The van der Waals surface area contributed by atoms with Crippen LogP contribution in [0.3, 0.4) is 0 Å². The zero-order valence-corrected chi connectivity index (χ0v) is 10.2. The second-order valence-electron chi connectivity index (χ2n) is 3.42. The van der Waals surface area contributed by atoms with Crippen molar-refractivity contribution in [3.63, 3.8) is 0 Å². The number of hydrogen-bond donors (Lipinski definition) is 1. The Kier molecular flexibility index (Phi) is 6.58. The van der Waals surface area contributed by atoms with Gasteiger partial charge in [0, 0.05) is 18.8 Å². The summed E-state index contributed by atoms with van der Waals surface area (Å²) in [5.74, 6) is 0. The molecule has 0 saturated carbocycles. The van der Waals surface area contributed by atoms with Crippen LogP contribution in [0, 0.1) is 0 Å². The maximum atomic E-state index is 10.0. The van der Waals surface area contributed by atoms with Crippen LogP contribution in [0.25, 0.3) is 0 Å². The van der Waals surface area contributed by atoms with E-state index in [1.807, 2.05) is 20.8 Å². The van der Waals surface area contributed by atoms with E-state index in [1.165, 1.54) is 0 Å². The second kappa shape index (κ2) is 6.54. The van der Waals surface area contributed by atoms with Gasteiger partial charge in [-0.3, -0.25) is 0 Å². The minimum atomic E-state index is -2.83. The molecule has 0 aromatic heterocycles. The van der Waals surface area contributed by atoms with Gasteiger partial charge in [0.15, 0.2) is 0 Å². The van der Waals surface area contributed by atoms with E-state index in [2.05, 4.69) is 6.92 Å². The second-order valence-corrected chi connectivity index (χ2v) is 5.87. The Hall–Kier alpha value is 0.0969. The Morgan fingerprint density at radius 2 is 1.92 bits per heavy atom. The van der Waals surface area contributed by atoms with Crippen LogP contribution in [-0.4, -0.2) is 26.3 Å². The Morgan fingerprint density at radius 1 is 1.31 bits per heavy atom. The third-order valence-corrected chi connectivity index (χ3v) is 4.20. The van der Waals surface area contributed by atoms with Crippen LogP contribution in [0.1, 0.15) is 40.5 Å². The van der Waals surface area contributed by atoms with Crippen LogP contribution in [0.5, 0.6) is 0 Å². The van der Waals surface area contributed by atoms with Crippen molar-refractivity contribution in [2.75, 3.05) is 6.61 Å². The first kappa shape index (κ1) is 13.1. The zero-order chi connectivity index (χ0) is 10.3. The van der Waals surface area contributed by atoms with E-state index in [9.17, 15) is 4.80 Å². The van der Waals surface area contributed by atoms with Gasteiger partial charge < -0.3 is 13.6 Å². The summed E-state index contributed by atoms with van der Waals surface area (Å²) in [5.41, 5.74) is 0. The van der Waals surface area contributed by atoms with Crippen LogP contribution in [0.2, 0.25) is 6.04 Å². The van der Waals surface area contributed by atoms with Crippen LogP contribution < -0.4 is 0 Å². The highest BCUT2D eigenvalue weighted by Gasteiger charge is 2.36. The molecule has 1 atom stereocenters. The lowest BCUT2D eigenvalue weighted by Gasteiger charge is -2.25. The summed E-state index contributed by atoms with van der Waals surface area (Å²) in [6.07, 6.45) is 2.07. The fourth-order valence-electron chi connectivity index (χ4n) is 1.16. The predicted octanol–water partition coefficient (Wildman–Crippen LogP) is 2.18. The molecule has 0 bridgehead atoms. The largest absolute Gasteiger partial charge is 0.498 e. The first-order valence-corrected chi connectivity index (χ1v) is 7.05. The summed E-state index contributed by atoms with van der Waals surface area (Å²) in [5, 5.41) is 0.